The summed E-state index contributed by atoms with van der Waals surface area (Å²) in [6.07, 6.45) is -4.39. The van der Waals surface area contributed by atoms with Gasteiger partial charge in [0, 0.05) is 5.56 Å². The van der Waals surface area contributed by atoms with E-state index in [1.54, 1.807) is 13.2 Å². The molecule has 7 heteroatoms. The van der Waals surface area contributed by atoms with Gasteiger partial charge in [-0.15, -0.1) is 0 Å². The first-order chi connectivity index (χ1) is 14.4. The quantitative estimate of drug-likeness (QED) is 0.681. The van der Waals surface area contributed by atoms with E-state index in [-0.39, 0.29) is 11.8 Å². The largest absolute Gasteiger partial charge is 0.507 e. The summed E-state index contributed by atoms with van der Waals surface area (Å²) in [6, 6.07) is 14.0. The van der Waals surface area contributed by atoms with E-state index in [1.807, 2.05) is 24.3 Å². The Hall–Kier alpha value is -2.77. The first-order valence-electron chi connectivity index (χ1n) is 9.77. The molecule has 158 valence electrons. The standard InChI is InChI=1S/C23H22F3NO3/c1-29-18-8-4-15-5-9-20(28)21(19(15)14-18)22(27-10-12-30-13-11-27)16-2-6-17(7-3-16)23(24,25)26/h2-9,14,22,28H,10-13H2,1H3/p+1/t22-/m1/s1. The van der Waals surface area contributed by atoms with Crippen LogP contribution in [0.3, 0.4) is 0 Å². The Kier molecular flexibility index (Phi) is 5.58. The molecule has 0 aliphatic carbocycles. The topological polar surface area (TPSA) is 43.1 Å². The lowest BCUT2D eigenvalue weighted by Crippen LogP contribution is -3.14. The zero-order chi connectivity index (χ0) is 21.3. The van der Waals surface area contributed by atoms with Gasteiger partial charge in [-0.05, 0) is 41.1 Å². The maximum Gasteiger partial charge on any atom is 0.416 e. The first kappa shape index (κ1) is 20.5. The Bertz CT molecular complexity index is 1030. The molecule has 0 aromatic heterocycles. The van der Waals surface area contributed by atoms with Gasteiger partial charge in [-0.2, -0.15) is 13.2 Å². The van der Waals surface area contributed by atoms with E-state index in [1.165, 1.54) is 12.1 Å². The Labute approximate surface area is 172 Å². The minimum Gasteiger partial charge on any atom is -0.507 e. The average Bonchev–Trinajstić information content (AvgIpc) is 2.75. The van der Waals surface area contributed by atoms with Crippen LogP contribution in [0.5, 0.6) is 11.5 Å². The number of quaternary nitrogens is 1. The third kappa shape index (κ3) is 3.95. The average molecular weight is 418 g/mol. The number of nitrogens with one attached hydrogen (secondary N) is 1. The second-order valence-corrected chi connectivity index (χ2v) is 7.41. The maximum absolute atomic E-state index is 13.1. The molecular weight excluding hydrogens is 395 g/mol. The minimum atomic E-state index is -4.39. The molecule has 1 atom stereocenters. The summed E-state index contributed by atoms with van der Waals surface area (Å²) in [5.74, 6) is 0.761. The number of phenolic OH excluding ortho intramolecular Hbond substituents is 1. The lowest BCUT2D eigenvalue weighted by Gasteiger charge is -2.33. The van der Waals surface area contributed by atoms with Crippen molar-refractivity contribution in [1.82, 2.24) is 0 Å². The second-order valence-electron chi connectivity index (χ2n) is 7.41. The highest BCUT2D eigenvalue weighted by molar-refractivity contribution is 5.89. The summed E-state index contributed by atoms with van der Waals surface area (Å²) >= 11 is 0. The van der Waals surface area contributed by atoms with Crippen molar-refractivity contribution >= 4 is 10.8 Å². The fourth-order valence-corrected chi connectivity index (χ4v) is 4.13. The van der Waals surface area contributed by atoms with Crippen molar-refractivity contribution in [3.05, 3.63) is 71.3 Å². The number of hydrogen-bond acceptors (Lipinski definition) is 3. The summed E-state index contributed by atoms with van der Waals surface area (Å²) in [5, 5.41) is 12.6. The molecule has 1 heterocycles. The monoisotopic (exact) mass is 418 g/mol. The third-order valence-corrected chi connectivity index (χ3v) is 5.65. The van der Waals surface area contributed by atoms with Crippen LogP contribution < -0.4 is 9.64 Å². The first-order valence-corrected chi connectivity index (χ1v) is 9.77. The molecule has 1 fully saturated rings. The highest BCUT2D eigenvalue weighted by atomic mass is 19.4. The van der Waals surface area contributed by atoms with E-state index < -0.39 is 11.7 Å². The highest BCUT2D eigenvalue weighted by Crippen LogP contribution is 2.37. The molecule has 1 aliphatic heterocycles. The molecule has 30 heavy (non-hydrogen) atoms. The molecule has 0 radical (unpaired) electrons. The van der Waals surface area contributed by atoms with Gasteiger partial charge >= 0.3 is 6.18 Å². The molecule has 0 amide bonds. The molecule has 0 bridgehead atoms. The predicted octanol–water partition coefficient (Wildman–Crippen LogP) is 3.58. The maximum atomic E-state index is 13.1. The van der Waals surface area contributed by atoms with Crippen molar-refractivity contribution in [1.29, 1.82) is 0 Å². The van der Waals surface area contributed by atoms with Crippen molar-refractivity contribution in [3.8, 4) is 11.5 Å². The second kappa shape index (κ2) is 8.16. The molecule has 3 aromatic carbocycles. The van der Waals surface area contributed by atoms with Crippen molar-refractivity contribution in [2.75, 3.05) is 33.4 Å². The van der Waals surface area contributed by atoms with Crippen molar-refractivity contribution < 1.29 is 32.7 Å². The molecule has 0 unspecified atom stereocenters. The third-order valence-electron chi connectivity index (χ3n) is 5.65. The van der Waals surface area contributed by atoms with Crippen LogP contribution in [0.2, 0.25) is 0 Å². The summed E-state index contributed by atoms with van der Waals surface area (Å²) in [5.41, 5.74) is 0.708. The summed E-state index contributed by atoms with van der Waals surface area (Å²) in [4.78, 5) is 1.13. The smallest absolute Gasteiger partial charge is 0.416 e. The number of methoxy groups -OCH3 is 1. The van der Waals surface area contributed by atoms with Gasteiger partial charge in [-0.25, -0.2) is 0 Å². The fourth-order valence-electron chi connectivity index (χ4n) is 4.13. The summed E-state index contributed by atoms with van der Waals surface area (Å²) < 4.78 is 50.1. The number of ether oxygens (including phenoxy) is 2. The van der Waals surface area contributed by atoms with Gasteiger partial charge in [-0.3, -0.25) is 0 Å². The van der Waals surface area contributed by atoms with Gasteiger partial charge in [0.25, 0.3) is 0 Å². The highest BCUT2D eigenvalue weighted by Gasteiger charge is 2.34. The molecule has 1 saturated heterocycles. The van der Waals surface area contributed by atoms with Gasteiger partial charge in [0.2, 0.25) is 0 Å². The van der Waals surface area contributed by atoms with Crippen LogP contribution in [0.15, 0.2) is 54.6 Å². The molecule has 4 rings (SSSR count). The number of morpholine rings is 1. The van der Waals surface area contributed by atoms with Crippen LogP contribution in [0.25, 0.3) is 10.8 Å². The van der Waals surface area contributed by atoms with Crippen LogP contribution in [0.1, 0.15) is 22.7 Å². The number of aromatic hydroxyl groups is 1. The molecule has 2 N–H and O–H groups in total. The van der Waals surface area contributed by atoms with Gasteiger partial charge in [0.1, 0.15) is 30.6 Å². The van der Waals surface area contributed by atoms with E-state index in [2.05, 4.69) is 0 Å². The van der Waals surface area contributed by atoms with E-state index in [0.717, 1.165) is 27.8 Å². The lowest BCUT2D eigenvalue weighted by atomic mass is 9.90. The van der Waals surface area contributed by atoms with Crippen molar-refractivity contribution in [3.63, 3.8) is 0 Å². The summed E-state index contributed by atoms with van der Waals surface area (Å²) in [7, 11) is 1.57. The number of halogens is 3. The SMILES string of the molecule is COc1ccc2ccc(O)c([C@@H](c3ccc(C(F)(F)F)cc3)[NH+]3CCOCC3)c2c1. The minimum absolute atomic E-state index is 0.111. The van der Waals surface area contributed by atoms with Crippen molar-refractivity contribution in [2.45, 2.75) is 12.2 Å². The number of alkyl halides is 3. The predicted molar refractivity (Wildman–Crippen MR) is 107 cm³/mol. The van der Waals surface area contributed by atoms with E-state index >= 15 is 0 Å². The molecule has 1 aliphatic rings. The number of benzene rings is 3. The van der Waals surface area contributed by atoms with Crippen molar-refractivity contribution in [2.24, 2.45) is 0 Å². The van der Waals surface area contributed by atoms with Gasteiger partial charge in [0.05, 0.1) is 31.5 Å². The van der Waals surface area contributed by atoms with Gasteiger partial charge in [0.15, 0.2) is 0 Å². The fraction of sp³-hybridized carbons (Fsp3) is 0.304. The van der Waals surface area contributed by atoms with E-state index in [4.69, 9.17) is 9.47 Å². The van der Waals surface area contributed by atoms with E-state index in [9.17, 15) is 18.3 Å². The van der Waals surface area contributed by atoms with Gasteiger partial charge in [-0.1, -0.05) is 24.3 Å². The Morgan fingerprint density at radius 1 is 1.00 bits per heavy atom. The Morgan fingerprint density at radius 3 is 2.30 bits per heavy atom. The number of phenols is 1. The number of rotatable bonds is 4. The normalized spacial score (nSPS) is 16.5. The number of hydrogen-bond donors (Lipinski definition) is 2. The molecular formula is C23H23F3NO3+. The molecule has 0 saturated carbocycles. The van der Waals surface area contributed by atoms with Crippen LogP contribution in [0, 0.1) is 0 Å². The summed E-state index contributed by atoms with van der Waals surface area (Å²) in [6.45, 7) is 2.49. The lowest BCUT2D eigenvalue weighted by molar-refractivity contribution is -0.933. The van der Waals surface area contributed by atoms with Crippen LogP contribution in [0.4, 0.5) is 13.2 Å². The Balaban J connectivity index is 1.89. The zero-order valence-corrected chi connectivity index (χ0v) is 16.5. The van der Waals surface area contributed by atoms with Crippen LogP contribution in [-0.4, -0.2) is 38.5 Å². The molecule has 3 aromatic rings. The molecule has 4 nitrogen and oxygen atoms in total. The van der Waals surface area contributed by atoms with Gasteiger partial charge < -0.3 is 19.5 Å². The zero-order valence-electron chi connectivity index (χ0n) is 16.5. The van der Waals surface area contributed by atoms with E-state index in [0.29, 0.717) is 43.2 Å². The Morgan fingerprint density at radius 2 is 1.67 bits per heavy atom. The number of fused-ring (bicyclic) bond motifs is 1. The van der Waals surface area contributed by atoms with Crippen LogP contribution in [-0.2, 0) is 10.9 Å². The van der Waals surface area contributed by atoms with Crippen LogP contribution >= 0.6 is 0 Å². The molecule has 0 spiro atoms.